The summed E-state index contributed by atoms with van der Waals surface area (Å²) in [4.78, 5) is 13.8. The Bertz CT molecular complexity index is 528. The third-order valence-corrected chi connectivity index (χ3v) is 2.97. The minimum Gasteiger partial charge on any atom is -0.312 e. The Morgan fingerprint density at radius 3 is 2.73 bits per heavy atom. The lowest BCUT2D eigenvalue weighted by molar-refractivity contribution is 0.0850. The Labute approximate surface area is 89.5 Å². The van der Waals surface area contributed by atoms with Gasteiger partial charge in [-0.05, 0) is 32.1 Å². The van der Waals surface area contributed by atoms with Crippen molar-refractivity contribution in [3.05, 3.63) is 34.2 Å². The van der Waals surface area contributed by atoms with Crippen molar-refractivity contribution in [1.82, 2.24) is 4.90 Å². The van der Waals surface area contributed by atoms with Gasteiger partial charge in [0.1, 0.15) is 0 Å². The van der Waals surface area contributed by atoms with Gasteiger partial charge in [-0.25, -0.2) is 0 Å². The fraction of sp³-hybridized carbons (Fsp3) is 0.308. The first kappa shape index (κ1) is 9.97. The van der Waals surface area contributed by atoms with E-state index in [4.69, 9.17) is 0 Å². The maximum Gasteiger partial charge on any atom is 0.258 e. The molecule has 0 saturated carbocycles. The van der Waals surface area contributed by atoms with E-state index in [-0.39, 0.29) is 5.91 Å². The summed E-state index contributed by atoms with van der Waals surface area (Å²) >= 11 is 0. The average Bonchev–Trinajstić information content (AvgIpc) is 2.51. The molecule has 0 aromatic heterocycles. The van der Waals surface area contributed by atoms with Crippen molar-refractivity contribution in [2.75, 3.05) is 6.54 Å². The molecule has 2 heteroatoms. The van der Waals surface area contributed by atoms with Crippen molar-refractivity contribution < 1.29 is 4.79 Å². The molecule has 1 amide bonds. The van der Waals surface area contributed by atoms with E-state index in [1.165, 1.54) is 0 Å². The molecule has 2 rings (SSSR count). The molecule has 2 nitrogen and oxygen atoms in total. The van der Waals surface area contributed by atoms with Crippen molar-refractivity contribution in [3.8, 4) is 0 Å². The van der Waals surface area contributed by atoms with Crippen molar-refractivity contribution in [2.45, 2.75) is 20.8 Å². The molecule has 0 N–H and O–H groups in total. The lowest BCUT2D eigenvalue weighted by atomic mass is 10.1. The highest BCUT2D eigenvalue weighted by Gasteiger charge is 2.24. The summed E-state index contributed by atoms with van der Waals surface area (Å²) in [5.41, 5.74) is 1.91. The number of carbonyl (C=O) groups excluding carboxylic acids is 1. The molecular weight excluding hydrogens is 186 g/mol. The summed E-state index contributed by atoms with van der Waals surface area (Å²) in [6.45, 7) is 6.76. The first-order chi connectivity index (χ1) is 7.20. The van der Waals surface area contributed by atoms with Crippen LogP contribution in [0.5, 0.6) is 0 Å². The quantitative estimate of drug-likeness (QED) is 0.666. The second-order valence-corrected chi connectivity index (χ2v) is 3.69. The predicted molar refractivity (Wildman–Crippen MR) is 61.6 cm³/mol. The fourth-order valence-electron chi connectivity index (χ4n) is 2.21. The minimum absolute atomic E-state index is 0.133. The molecule has 1 aliphatic rings. The maximum absolute atomic E-state index is 12.0. The van der Waals surface area contributed by atoms with E-state index in [0.29, 0.717) is 0 Å². The first-order valence-electron chi connectivity index (χ1n) is 5.28. The number of amides is 1. The molecule has 1 heterocycles. The molecule has 0 aliphatic carbocycles. The summed E-state index contributed by atoms with van der Waals surface area (Å²) in [5, 5.41) is 2.25. The molecule has 15 heavy (non-hydrogen) atoms. The zero-order valence-corrected chi connectivity index (χ0v) is 9.37. The highest BCUT2D eigenvalue weighted by molar-refractivity contribution is 6.02. The predicted octanol–water partition coefficient (Wildman–Crippen LogP) is 1.09. The van der Waals surface area contributed by atoms with Crippen LogP contribution in [0.4, 0.5) is 0 Å². The zero-order chi connectivity index (χ0) is 11.0. The molecule has 0 unspecified atom stereocenters. The number of carbonyl (C=O) groups is 1. The Morgan fingerprint density at radius 2 is 2.13 bits per heavy atom. The molecule has 0 atom stereocenters. The fourth-order valence-corrected chi connectivity index (χ4v) is 2.21. The molecule has 0 saturated heterocycles. The van der Waals surface area contributed by atoms with Crippen LogP contribution >= 0.6 is 0 Å². The minimum atomic E-state index is 0.133. The normalized spacial score (nSPS) is 16.2. The Balaban J connectivity index is 2.86. The number of hydrogen-bond acceptors (Lipinski definition) is 1. The summed E-state index contributed by atoms with van der Waals surface area (Å²) in [5.74, 6) is 0.133. The van der Waals surface area contributed by atoms with Crippen LogP contribution in [0.2, 0.25) is 0 Å². The van der Waals surface area contributed by atoms with Crippen LogP contribution in [0.3, 0.4) is 0 Å². The topological polar surface area (TPSA) is 20.3 Å². The van der Waals surface area contributed by atoms with Gasteiger partial charge in [-0.15, -0.1) is 0 Å². The number of nitrogens with zero attached hydrogens (tertiary/aromatic N) is 1. The van der Waals surface area contributed by atoms with Gasteiger partial charge < -0.3 is 4.90 Å². The lowest BCUT2D eigenvalue weighted by Crippen LogP contribution is -2.27. The summed E-state index contributed by atoms with van der Waals surface area (Å²) in [6.07, 6.45) is 2.05. The highest BCUT2D eigenvalue weighted by Crippen LogP contribution is 2.13. The van der Waals surface area contributed by atoms with E-state index in [0.717, 1.165) is 28.2 Å². The third kappa shape index (κ3) is 1.29. The monoisotopic (exact) mass is 201 g/mol. The summed E-state index contributed by atoms with van der Waals surface area (Å²) in [6, 6.07) is 5.90. The van der Waals surface area contributed by atoms with E-state index >= 15 is 0 Å². The van der Waals surface area contributed by atoms with Crippen LogP contribution < -0.4 is 10.4 Å². The summed E-state index contributed by atoms with van der Waals surface area (Å²) in [7, 11) is 0. The molecule has 0 fully saturated rings. The molecule has 0 spiro atoms. The summed E-state index contributed by atoms with van der Waals surface area (Å²) < 4.78 is 0. The van der Waals surface area contributed by atoms with Gasteiger partial charge >= 0.3 is 0 Å². The molecule has 1 aromatic rings. The van der Waals surface area contributed by atoms with Crippen LogP contribution in [0.15, 0.2) is 18.2 Å². The van der Waals surface area contributed by atoms with Gasteiger partial charge in [-0.3, -0.25) is 4.79 Å². The molecule has 0 radical (unpaired) electrons. The molecule has 1 aliphatic heterocycles. The van der Waals surface area contributed by atoms with Gasteiger partial charge in [0.2, 0.25) is 0 Å². The van der Waals surface area contributed by atoms with E-state index in [1.807, 2.05) is 37.8 Å². The van der Waals surface area contributed by atoms with Crippen LogP contribution in [-0.2, 0) is 0 Å². The Morgan fingerprint density at radius 1 is 1.40 bits per heavy atom. The highest BCUT2D eigenvalue weighted by atomic mass is 16.2. The second kappa shape index (κ2) is 3.54. The third-order valence-electron chi connectivity index (χ3n) is 2.97. The van der Waals surface area contributed by atoms with Crippen LogP contribution in [0, 0.1) is 0 Å². The molecule has 0 bridgehead atoms. The standard InChI is InChI=1S/C13H15NO/c1-4-10-7-6-8-11-12(10)9(3)14(5-2)13(11)15/h4,6-8H,5H2,1-3H3/b10-4-. The van der Waals surface area contributed by atoms with E-state index in [9.17, 15) is 4.79 Å². The largest absolute Gasteiger partial charge is 0.312 e. The Hall–Kier alpha value is -1.57. The van der Waals surface area contributed by atoms with Crippen LogP contribution in [0.1, 0.15) is 31.1 Å². The zero-order valence-electron chi connectivity index (χ0n) is 9.37. The molecule has 1 aromatic carbocycles. The first-order valence-corrected chi connectivity index (χ1v) is 5.28. The number of hydrogen-bond donors (Lipinski definition) is 0. The van der Waals surface area contributed by atoms with E-state index in [1.54, 1.807) is 0 Å². The van der Waals surface area contributed by atoms with E-state index in [2.05, 4.69) is 12.1 Å². The number of fused-ring (bicyclic) bond motifs is 1. The Kier molecular flexibility index (Phi) is 2.35. The number of rotatable bonds is 1. The van der Waals surface area contributed by atoms with Crippen molar-refractivity contribution in [3.63, 3.8) is 0 Å². The van der Waals surface area contributed by atoms with Gasteiger partial charge in [0.25, 0.3) is 5.91 Å². The smallest absolute Gasteiger partial charge is 0.258 e. The van der Waals surface area contributed by atoms with Crippen molar-refractivity contribution >= 4 is 17.7 Å². The SMILES string of the molecule is C/C=c1/cccc2c1=C(C)N(CC)C2=O. The maximum atomic E-state index is 12.0. The van der Waals surface area contributed by atoms with Gasteiger partial charge in [0.05, 0.1) is 0 Å². The van der Waals surface area contributed by atoms with Gasteiger partial charge in [-0.2, -0.15) is 0 Å². The molecular formula is C13H15NO. The van der Waals surface area contributed by atoms with Crippen LogP contribution in [-0.4, -0.2) is 17.4 Å². The second-order valence-electron chi connectivity index (χ2n) is 3.69. The van der Waals surface area contributed by atoms with Crippen molar-refractivity contribution in [2.24, 2.45) is 0 Å². The lowest BCUT2D eigenvalue weighted by Gasteiger charge is -2.14. The van der Waals surface area contributed by atoms with Gasteiger partial charge in [0.15, 0.2) is 0 Å². The van der Waals surface area contributed by atoms with E-state index < -0.39 is 0 Å². The average molecular weight is 201 g/mol. The molecule has 78 valence electrons. The number of benzene rings is 1. The van der Waals surface area contributed by atoms with Gasteiger partial charge in [0, 0.05) is 23.0 Å². The van der Waals surface area contributed by atoms with Gasteiger partial charge in [-0.1, -0.05) is 18.2 Å². The van der Waals surface area contributed by atoms with Crippen LogP contribution in [0.25, 0.3) is 11.8 Å². The van der Waals surface area contributed by atoms with Crippen molar-refractivity contribution in [1.29, 1.82) is 0 Å².